The highest BCUT2D eigenvalue weighted by Crippen LogP contribution is 2.36. The SMILES string of the molecule is COCC(C)[C@@H]1CC[C@@H](C)C[C@H]1OCc1ccccc1. The Labute approximate surface area is 123 Å². The van der Waals surface area contributed by atoms with Crippen LogP contribution < -0.4 is 0 Å². The van der Waals surface area contributed by atoms with Crippen LogP contribution in [-0.4, -0.2) is 19.8 Å². The van der Waals surface area contributed by atoms with E-state index in [1.807, 2.05) is 0 Å². The van der Waals surface area contributed by atoms with Crippen molar-refractivity contribution in [2.45, 2.75) is 45.8 Å². The largest absolute Gasteiger partial charge is 0.384 e. The zero-order chi connectivity index (χ0) is 14.4. The summed E-state index contributed by atoms with van der Waals surface area (Å²) in [4.78, 5) is 0. The molecule has 0 N–H and O–H groups in total. The molecule has 2 heteroatoms. The maximum absolute atomic E-state index is 6.26. The third-order valence-electron chi connectivity index (χ3n) is 4.57. The monoisotopic (exact) mass is 276 g/mol. The minimum atomic E-state index is 0.379. The van der Waals surface area contributed by atoms with Gasteiger partial charge in [0, 0.05) is 13.7 Å². The molecule has 1 unspecified atom stereocenters. The Kier molecular flexibility index (Phi) is 6.06. The zero-order valence-electron chi connectivity index (χ0n) is 13.0. The Hall–Kier alpha value is -0.860. The van der Waals surface area contributed by atoms with Crippen LogP contribution in [0.15, 0.2) is 30.3 Å². The Balaban J connectivity index is 1.93. The van der Waals surface area contributed by atoms with E-state index in [1.54, 1.807) is 7.11 Å². The van der Waals surface area contributed by atoms with E-state index in [1.165, 1.54) is 24.8 Å². The highest BCUT2D eigenvalue weighted by molar-refractivity contribution is 5.13. The number of methoxy groups -OCH3 is 1. The molecule has 1 aromatic carbocycles. The van der Waals surface area contributed by atoms with Crippen molar-refractivity contribution in [1.82, 2.24) is 0 Å². The van der Waals surface area contributed by atoms with Gasteiger partial charge in [0.15, 0.2) is 0 Å². The van der Waals surface area contributed by atoms with Crippen molar-refractivity contribution in [3.05, 3.63) is 35.9 Å². The van der Waals surface area contributed by atoms with Gasteiger partial charge in [-0.2, -0.15) is 0 Å². The molecule has 0 radical (unpaired) electrons. The van der Waals surface area contributed by atoms with Crippen molar-refractivity contribution in [3.8, 4) is 0 Å². The van der Waals surface area contributed by atoms with Gasteiger partial charge in [0.05, 0.1) is 12.7 Å². The van der Waals surface area contributed by atoms with Crippen LogP contribution in [0, 0.1) is 17.8 Å². The lowest BCUT2D eigenvalue weighted by Crippen LogP contribution is -2.36. The number of hydrogen-bond acceptors (Lipinski definition) is 2. The summed E-state index contributed by atoms with van der Waals surface area (Å²) in [5.41, 5.74) is 1.27. The minimum absolute atomic E-state index is 0.379. The smallest absolute Gasteiger partial charge is 0.0720 e. The second kappa shape index (κ2) is 7.80. The van der Waals surface area contributed by atoms with Gasteiger partial charge < -0.3 is 9.47 Å². The molecule has 0 bridgehead atoms. The summed E-state index contributed by atoms with van der Waals surface area (Å²) in [6, 6.07) is 10.5. The lowest BCUT2D eigenvalue weighted by atomic mass is 9.75. The van der Waals surface area contributed by atoms with Crippen LogP contribution in [0.4, 0.5) is 0 Å². The third kappa shape index (κ3) is 4.32. The summed E-state index contributed by atoms with van der Waals surface area (Å²) in [5.74, 6) is 1.99. The zero-order valence-corrected chi connectivity index (χ0v) is 13.0. The van der Waals surface area contributed by atoms with Gasteiger partial charge in [0.1, 0.15) is 0 Å². The van der Waals surface area contributed by atoms with Gasteiger partial charge in [-0.15, -0.1) is 0 Å². The summed E-state index contributed by atoms with van der Waals surface area (Å²) >= 11 is 0. The van der Waals surface area contributed by atoms with Gasteiger partial charge in [-0.25, -0.2) is 0 Å². The van der Waals surface area contributed by atoms with E-state index < -0.39 is 0 Å². The topological polar surface area (TPSA) is 18.5 Å². The molecule has 2 nitrogen and oxygen atoms in total. The van der Waals surface area contributed by atoms with Crippen molar-refractivity contribution in [3.63, 3.8) is 0 Å². The van der Waals surface area contributed by atoms with E-state index in [9.17, 15) is 0 Å². The fourth-order valence-electron chi connectivity index (χ4n) is 3.36. The van der Waals surface area contributed by atoms with Crippen LogP contribution in [-0.2, 0) is 16.1 Å². The average Bonchev–Trinajstić information content (AvgIpc) is 2.46. The Bertz CT molecular complexity index is 376. The minimum Gasteiger partial charge on any atom is -0.384 e. The fourth-order valence-corrected chi connectivity index (χ4v) is 3.36. The second-order valence-electron chi connectivity index (χ2n) is 6.35. The maximum Gasteiger partial charge on any atom is 0.0720 e. The molecule has 1 aromatic rings. The van der Waals surface area contributed by atoms with Gasteiger partial charge in [0.25, 0.3) is 0 Å². The molecule has 2 rings (SSSR count). The summed E-state index contributed by atoms with van der Waals surface area (Å²) in [6.45, 7) is 6.21. The molecule has 1 aliphatic rings. The van der Waals surface area contributed by atoms with E-state index in [4.69, 9.17) is 9.47 Å². The van der Waals surface area contributed by atoms with E-state index in [0.29, 0.717) is 17.9 Å². The first kappa shape index (κ1) is 15.5. The van der Waals surface area contributed by atoms with Crippen molar-refractivity contribution < 1.29 is 9.47 Å². The first-order valence-electron chi connectivity index (χ1n) is 7.85. The molecule has 0 aromatic heterocycles. The second-order valence-corrected chi connectivity index (χ2v) is 6.35. The van der Waals surface area contributed by atoms with Crippen LogP contribution in [0.2, 0.25) is 0 Å². The van der Waals surface area contributed by atoms with E-state index >= 15 is 0 Å². The van der Waals surface area contributed by atoms with Crippen LogP contribution >= 0.6 is 0 Å². The summed E-state index contributed by atoms with van der Waals surface area (Å²) in [5, 5.41) is 0. The van der Waals surface area contributed by atoms with Crippen molar-refractivity contribution >= 4 is 0 Å². The molecular formula is C18H28O2. The van der Waals surface area contributed by atoms with Gasteiger partial charge in [-0.05, 0) is 36.2 Å². The molecule has 112 valence electrons. The van der Waals surface area contributed by atoms with Crippen LogP contribution in [0.3, 0.4) is 0 Å². The Morgan fingerprint density at radius 1 is 1.20 bits per heavy atom. The first-order valence-corrected chi connectivity index (χ1v) is 7.85. The van der Waals surface area contributed by atoms with Crippen LogP contribution in [0.5, 0.6) is 0 Å². The van der Waals surface area contributed by atoms with Crippen molar-refractivity contribution in [2.75, 3.05) is 13.7 Å². The maximum atomic E-state index is 6.26. The lowest BCUT2D eigenvalue weighted by molar-refractivity contribution is -0.0590. The third-order valence-corrected chi connectivity index (χ3v) is 4.57. The highest BCUT2D eigenvalue weighted by Gasteiger charge is 2.32. The molecule has 0 heterocycles. The number of benzene rings is 1. The van der Waals surface area contributed by atoms with Crippen LogP contribution in [0.1, 0.15) is 38.7 Å². The number of ether oxygens (including phenoxy) is 2. The molecule has 1 fully saturated rings. The number of rotatable bonds is 6. The van der Waals surface area contributed by atoms with Gasteiger partial charge in [-0.1, -0.05) is 50.6 Å². The molecule has 1 saturated carbocycles. The van der Waals surface area contributed by atoms with E-state index in [-0.39, 0.29) is 0 Å². The highest BCUT2D eigenvalue weighted by atomic mass is 16.5. The molecular weight excluding hydrogens is 248 g/mol. The van der Waals surface area contributed by atoms with Gasteiger partial charge in [-0.3, -0.25) is 0 Å². The molecule has 1 aliphatic carbocycles. The molecule has 0 spiro atoms. The van der Waals surface area contributed by atoms with E-state index in [2.05, 4.69) is 44.2 Å². The standard InChI is InChI=1S/C18H28O2/c1-14-9-10-17(15(2)12-19-3)18(11-14)20-13-16-7-5-4-6-8-16/h4-8,14-15,17-18H,9-13H2,1-3H3/t14-,15?,17+,18-/m1/s1. The van der Waals surface area contributed by atoms with Crippen molar-refractivity contribution in [1.29, 1.82) is 0 Å². The van der Waals surface area contributed by atoms with Gasteiger partial charge in [0.2, 0.25) is 0 Å². The lowest BCUT2D eigenvalue weighted by Gasteiger charge is -2.38. The molecule has 20 heavy (non-hydrogen) atoms. The summed E-state index contributed by atoms with van der Waals surface area (Å²) < 4.78 is 11.6. The predicted octanol–water partition coefficient (Wildman–Crippen LogP) is 4.29. The number of hydrogen-bond donors (Lipinski definition) is 0. The predicted molar refractivity (Wildman–Crippen MR) is 82.6 cm³/mol. The van der Waals surface area contributed by atoms with Gasteiger partial charge >= 0.3 is 0 Å². The average molecular weight is 276 g/mol. The molecule has 0 amide bonds. The molecule has 0 saturated heterocycles. The summed E-state index contributed by atoms with van der Waals surface area (Å²) in [6.07, 6.45) is 4.16. The molecule has 4 atom stereocenters. The summed E-state index contributed by atoms with van der Waals surface area (Å²) in [7, 11) is 1.79. The fraction of sp³-hybridized carbons (Fsp3) is 0.667. The molecule has 0 aliphatic heterocycles. The van der Waals surface area contributed by atoms with E-state index in [0.717, 1.165) is 19.1 Å². The Morgan fingerprint density at radius 3 is 2.65 bits per heavy atom. The quantitative estimate of drug-likeness (QED) is 0.771. The first-order chi connectivity index (χ1) is 9.70. The Morgan fingerprint density at radius 2 is 1.95 bits per heavy atom. The normalized spacial score (nSPS) is 28.2. The van der Waals surface area contributed by atoms with Crippen molar-refractivity contribution in [2.24, 2.45) is 17.8 Å². The van der Waals surface area contributed by atoms with Crippen LogP contribution in [0.25, 0.3) is 0 Å².